The van der Waals surface area contributed by atoms with E-state index < -0.39 is 12.7 Å². The number of ether oxygens (including phenoxy) is 2. The number of halogens is 2. The maximum absolute atomic E-state index is 12.7. The standard InChI is InChI=1S/C14H16F2N2O3/c1-9(19)10-3-4-11(12(7-10)20-2)21-8-13-17-5-6-18(13)14(15)16/h3-7,9,14,19H,8H2,1-2H3/t9-/m0/s1. The average molecular weight is 298 g/mol. The number of alkyl halides is 2. The van der Waals surface area contributed by atoms with Crippen LogP contribution in [0.15, 0.2) is 30.6 Å². The highest BCUT2D eigenvalue weighted by molar-refractivity contribution is 5.43. The minimum absolute atomic E-state index is 0.109. The third-order valence-corrected chi connectivity index (χ3v) is 2.99. The molecule has 114 valence electrons. The van der Waals surface area contributed by atoms with Gasteiger partial charge in [0, 0.05) is 12.4 Å². The zero-order valence-electron chi connectivity index (χ0n) is 11.7. The lowest BCUT2D eigenvalue weighted by Gasteiger charge is -2.13. The molecule has 0 aliphatic carbocycles. The molecule has 2 rings (SSSR count). The number of imidazole rings is 1. The van der Waals surface area contributed by atoms with Crippen LogP contribution in [0.4, 0.5) is 8.78 Å². The molecule has 0 unspecified atom stereocenters. The zero-order chi connectivity index (χ0) is 15.4. The van der Waals surface area contributed by atoms with Crippen LogP contribution in [0.3, 0.4) is 0 Å². The topological polar surface area (TPSA) is 56.5 Å². The summed E-state index contributed by atoms with van der Waals surface area (Å²) in [6.07, 6.45) is 1.85. The quantitative estimate of drug-likeness (QED) is 0.891. The fraction of sp³-hybridized carbons (Fsp3) is 0.357. The van der Waals surface area contributed by atoms with E-state index in [9.17, 15) is 13.9 Å². The first kappa shape index (κ1) is 15.2. The average Bonchev–Trinajstić information content (AvgIpc) is 2.93. The van der Waals surface area contributed by atoms with Crippen LogP contribution in [0.25, 0.3) is 0 Å². The Bertz CT molecular complexity index is 600. The van der Waals surface area contributed by atoms with E-state index in [1.165, 1.54) is 19.5 Å². The van der Waals surface area contributed by atoms with Gasteiger partial charge in [-0.2, -0.15) is 8.78 Å². The SMILES string of the molecule is COc1cc([C@H](C)O)ccc1OCc1nccn1C(F)F. The molecule has 0 aliphatic heterocycles. The van der Waals surface area contributed by atoms with Gasteiger partial charge in [0.1, 0.15) is 6.61 Å². The van der Waals surface area contributed by atoms with Crippen LogP contribution in [0.2, 0.25) is 0 Å². The zero-order valence-corrected chi connectivity index (χ0v) is 11.7. The molecule has 2 aromatic rings. The van der Waals surface area contributed by atoms with E-state index in [1.807, 2.05) is 0 Å². The highest BCUT2D eigenvalue weighted by Gasteiger charge is 2.13. The summed E-state index contributed by atoms with van der Waals surface area (Å²) in [6.45, 7) is -1.14. The summed E-state index contributed by atoms with van der Waals surface area (Å²) < 4.78 is 36.8. The molecule has 1 aromatic heterocycles. The number of hydrogen-bond acceptors (Lipinski definition) is 4. The molecular formula is C14H16F2N2O3. The van der Waals surface area contributed by atoms with Crippen molar-refractivity contribution >= 4 is 0 Å². The number of benzene rings is 1. The number of aliphatic hydroxyl groups excluding tert-OH is 1. The maximum atomic E-state index is 12.7. The van der Waals surface area contributed by atoms with Gasteiger partial charge in [-0.15, -0.1) is 0 Å². The van der Waals surface area contributed by atoms with Crippen molar-refractivity contribution in [3.63, 3.8) is 0 Å². The molecule has 1 atom stereocenters. The van der Waals surface area contributed by atoms with Crippen LogP contribution in [0.5, 0.6) is 11.5 Å². The predicted octanol–water partition coefficient (Wildman–Crippen LogP) is 2.92. The summed E-state index contributed by atoms with van der Waals surface area (Å²) in [5.41, 5.74) is 0.674. The summed E-state index contributed by atoms with van der Waals surface area (Å²) in [4.78, 5) is 3.83. The van der Waals surface area contributed by atoms with E-state index in [0.29, 0.717) is 17.1 Å². The number of aliphatic hydroxyl groups is 1. The summed E-state index contributed by atoms with van der Waals surface area (Å²) in [7, 11) is 1.47. The van der Waals surface area contributed by atoms with Gasteiger partial charge in [-0.3, -0.25) is 4.57 Å². The largest absolute Gasteiger partial charge is 0.493 e. The second-order valence-electron chi connectivity index (χ2n) is 4.40. The second-order valence-corrected chi connectivity index (χ2v) is 4.40. The van der Waals surface area contributed by atoms with Gasteiger partial charge >= 0.3 is 6.55 Å². The molecule has 7 heteroatoms. The number of hydrogen-bond donors (Lipinski definition) is 1. The Kier molecular flexibility index (Phi) is 4.74. The van der Waals surface area contributed by atoms with Crippen molar-refractivity contribution in [3.05, 3.63) is 42.0 Å². The summed E-state index contributed by atoms with van der Waals surface area (Å²) in [6, 6.07) is 4.94. The molecule has 1 aromatic carbocycles. The van der Waals surface area contributed by atoms with E-state index in [0.717, 1.165) is 4.57 Å². The van der Waals surface area contributed by atoms with Gasteiger partial charge in [-0.1, -0.05) is 6.07 Å². The molecule has 0 amide bonds. The van der Waals surface area contributed by atoms with Crippen LogP contribution in [0.1, 0.15) is 31.0 Å². The monoisotopic (exact) mass is 298 g/mol. The molecule has 1 heterocycles. The molecule has 5 nitrogen and oxygen atoms in total. The van der Waals surface area contributed by atoms with Gasteiger partial charge in [0.05, 0.1) is 13.2 Å². The Hall–Kier alpha value is -2.15. The minimum atomic E-state index is -2.66. The Morgan fingerprint density at radius 1 is 1.33 bits per heavy atom. The van der Waals surface area contributed by atoms with Gasteiger partial charge in [0.25, 0.3) is 0 Å². The Morgan fingerprint density at radius 3 is 2.71 bits per heavy atom. The predicted molar refractivity (Wildman–Crippen MR) is 71.4 cm³/mol. The molecule has 0 aliphatic rings. The van der Waals surface area contributed by atoms with Gasteiger partial charge in [-0.05, 0) is 24.6 Å². The van der Waals surface area contributed by atoms with E-state index in [-0.39, 0.29) is 12.4 Å². The van der Waals surface area contributed by atoms with Gasteiger partial charge in [-0.25, -0.2) is 4.98 Å². The van der Waals surface area contributed by atoms with Crippen molar-refractivity contribution in [1.82, 2.24) is 9.55 Å². The molecule has 0 saturated heterocycles. The lowest BCUT2D eigenvalue weighted by molar-refractivity contribution is 0.0631. The first-order valence-electron chi connectivity index (χ1n) is 6.31. The van der Waals surface area contributed by atoms with Crippen LogP contribution in [-0.4, -0.2) is 21.8 Å². The van der Waals surface area contributed by atoms with Crippen LogP contribution in [-0.2, 0) is 6.61 Å². The van der Waals surface area contributed by atoms with Crippen molar-refractivity contribution < 1.29 is 23.4 Å². The summed E-state index contributed by atoms with van der Waals surface area (Å²) in [5, 5.41) is 9.52. The number of nitrogens with zero attached hydrogens (tertiary/aromatic N) is 2. The Morgan fingerprint density at radius 2 is 2.10 bits per heavy atom. The first-order valence-corrected chi connectivity index (χ1v) is 6.31. The van der Waals surface area contributed by atoms with Crippen molar-refractivity contribution in [2.24, 2.45) is 0 Å². The van der Waals surface area contributed by atoms with Crippen LogP contribution < -0.4 is 9.47 Å². The lowest BCUT2D eigenvalue weighted by atomic mass is 10.1. The number of aromatic nitrogens is 2. The molecule has 0 bridgehead atoms. The Balaban J connectivity index is 2.14. The van der Waals surface area contributed by atoms with Crippen molar-refractivity contribution in [2.75, 3.05) is 7.11 Å². The third kappa shape index (κ3) is 3.49. The molecule has 1 N–H and O–H groups in total. The fourth-order valence-corrected chi connectivity index (χ4v) is 1.84. The molecule has 0 fully saturated rings. The molecule has 0 spiro atoms. The van der Waals surface area contributed by atoms with Crippen molar-refractivity contribution in [1.29, 1.82) is 0 Å². The Labute approximate surface area is 120 Å². The number of methoxy groups -OCH3 is 1. The van der Waals surface area contributed by atoms with Gasteiger partial charge in [0.15, 0.2) is 17.3 Å². The van der Waals surface area contributed by atoms with Gasteiger partial charge < -0.3 is 14.6 Å². The second kappa shape index (κ2) is 6.53. The van der Waals surface area contributed by atoms with E-state index in [2.05, 4.69) is 4.98 Å². The smallest absolute Gasteiger partial charge is 0.320 e. The molecule has 0 radical (unpaired) electrons. The van der Waals surface area contributed by atoms with E-state index in [4.69, 9.17) is 9.47 Å². The summed E-state index contributed by atoms with van der Waals surface area (Å²) >= 11 is 0. The molecule has 21 heavy (non-hydrogen) atoms. The number of rotatable bonds is 6. The normalized spacial score (nSPS) is 12.5. The maximum Gasteiger partial charge on any atom is 0.320 e. The molecule has 0 saturated carbocycles. The van der Waals surface area contributed by atoms with E-state index >= 15 is 0 Å². The van der Waals surface area contributed by atoms with Crippen molar-refractivity contribution in [3.8, 4) is 11.5 Å². The van der Waals surface area contributed by atoms with Crippen LogP contribution in [0, 0.1) is 0 Å². The van der Waals surface area contributed by atoms with Gasteiger partial charge in [0.2, 0.25) is 0 Å². The molecular weight excluding hydrogens is 282 g/mol. The van der Waals surface area contributed by atoms with Crippen LogP contribution >= 0.6 is 0 Å². The highest BCUT2D eigenvalue weighted by Crippen LogP contribution is 2.31. The summed E-state index contributed by atoms with van der Waals surface area (Å²) in [5.74, 6) is 0.931. The third-order valence-electron chi connectivity index (χ3n) is 2.99. The van der Waals surface area contributed by atoms with E-state index in [1.54, 1.807) is 25.1 Å². The lowest BCUT2D eigenvalue weighted by Crippen LogP contribution is -2.07. The minimum Gasteiger partial charge on any atom is -0.493 e. The highest BCUT2D eigenvalue weighted by atomic mass is 19.3. The fourth-order valence-electron chi connectivity index (χ4n) is 1.84. The van der Waals surface area contributed by atoms with Crippen molar-refractivity contribution in [2.45, 2.75) is 26.2 Å². The first-order chi connectivity index (χ1) is 10.0.